The fourth-order valence-corrected chi connectivity index (χ4v) is 3.40. The maximum Gasteiger partial charge on any atom is 0.341 e. The highest BCUT2D eigenvalue weighted by Crippen LogP contribution is 2.35. The minimum absolute atomic E-state index is 0.0826. The Kier molecular flexibility index (Phi) is 5.95. The van der Waals surface area contributed by atoms with E-state index in [1.54, 1.807) is 35.2 Å². The van der Waals surface area contributed by atoms with Crippen LogP contribution in [0.3, 0.4) is 0 Å². The maximum atomic E-state index is 10.6. The lowest BCUT2D eigenvalue weighted by atomic mass is 10.1. The monoisotopic (exact) mass is 431 g/mol. The second-order valence-electron chi connectivity index (χ2n) is 6.88. The predicted octanol–water partition coefficient (Wildman–Crippen LogP) is 0.781. The number of rotatable bonds is 9. The molecule has 0 bridgehead atoms. The van der Waals surface area contributed by atoms with Gasteiger partial charge in [0, 0.05) is 18.7 Å². The third kappa shape index (κ3) is 4.56. The maximum absolute atomic E-state index is 10.6. The van der Waals surface area contributed by atoms with Crippen molar-refractivity contribution < 1.29 is 34.3 Å². The standard InChI is InChI=1S/C19H21N5O7/c25-14(26)8-29-13-4-2-12(3-5-13)23-16-15-17(21-10-20-16)24(11-22-15)19(6-1-7-31-19)9-30-18(27)28/h2-5,10-11,18,27-28H,1,6-9H2,(H,25,26)(H,20,21,23). The van der Waals surface area contributed by atoms with E-state index in [0.717, 1.165) is 6.42 Å². The number of hydrogen-bond donors (Lipinski definition) is 4. The van der Waals surface area contributed by atoms with Crippen molar-refractivity contribution in [2.45, 2.75) is 25.0 Å². The molecule has 1 aliphatic rings. The molecule has 3 aromatic rings. The molecule has 0 spiro atoms. The van der Waals surface area contributed by atoms with Crippen molar-refractivity contribution in [2.75, 3.05) is 25.1 Å². The summed E-state index contributed by atoms with van der Waals surface area (Å²) in [4.78, 5) is 23.6. The average molecular weight is 431 g/mol. The van der Waals surface area contributed by atoms with Crippen LogP contribution in [0.2, 0.25) is 0 Å². The summed E-state index contributed by atoms with van der Waals surface area (Å²) in [5, 5.41) is 30.0. The molecule has 1 atom stereocenters. The number of nitrogens with one attached hydrogen (secondary N) is 1. The molecule has 0 amide bonds. The van der Waals surface area contributed by atoms with E-state index in [9.17, 15) is 4.79 Å². The lowest BCUT2D eigenvalue weighted by Gasteiger charge is -2.30. The summed E-state index contributed by atoms with van der Waals surface area (Å²) in [6, 6.07) is 6.72. The number of ether oxygens (including phenoxy) is 3. The lowest BCUT2D eigenvalue weighted by Crippen LogP contribution is -2.39. The number of aliphatic hydroxyl groups is 2. The molecule has 4 rings (SSSR count). The largest absolute Gasteiger partial charge is 0.482 e. The van der Waals surface area contributed by atoms with Crippen molar-refractivity contribution in [3.8, 4) is 5.75 Å². The molecule has 12 heteroatoms. The zero-order chi connectivity index (χ0) is 21.8. The molecule has 12 nitrogen and oxygen atoms in total. The van der Waals surface area contributed by atoms with E-state index in [1.807, 2.05) is 0 Å². The molecule has 2 aromatic heterocycles. The SMILES string of the molecule is O=C(O)COc1ccc(Nc2ncnc3c2ncn3C2(COC(O)O)CCCO2)cc1. The number of hydrogen-bond acceptors (Lipinski definition) is 10. The molecule has 164 valence electrons. The van der Waals surface area contributed by atoms with Gasteiger partial charge in [0.1, 0.15) is 18.7 Å². The van der Waals surface area contributed by atoms with Crippen LogP contribution < -0.4 is 10.1 Å². The number of benzene rings is 1. The van der Waals surface area contributed by atoms with Crippen LogP contribution in [0.15, 0.2) is 36.9 Å². The Bertz CT molecular complexity index is 1050. The molecular formula is C19H21N5O7. The molecular weight excluding hydrogens is 410 g/mol. The Morgan fingerprint density at radius 3 is 2.74 bits per heavy atom. The van der Waals surface area contributed by atoms with Crippen molar-refractivity contribution in [3.05, 3.63) is 36.9 Å². The molecule has 0 saturated carbocycles. The van der Waals surface area contributed by atoms with Crippen LogP contribution in [0.4, 0.5) is 11.5 Å². The van der Waals surface area contributed by atoms with Gasteiger partial charge >= 0.3 is 5.97 Å². The van der Waals surface area contributed by atoms with Gasteiger partial charge in [0.2, 0.25) is 0 Å². The number of nitrogens with zero attached hydrogens (tertiary/aromatic N) is 4. The van der Waals surface area contributed by atoms with Crippen molar-refractivity contribution >= 4 is 28.6 Å². The minimum Gasteiger partial charge on any atom is -0.482 e. The van der Waals surface area contributed by atoms with Gasteiger partial charge in [-0.15, -0.1) is 0 Å². The van der Waals surface area contributed by atoms with Gasteiger partial charge in [-0.3, -0.25) is 4.57 Å². The normalized spacial score (nSPS) is 18.5. The topological polar surface area (TPSA) is 161 Å². The molecule has 1 saturated heterocycles. The Morgan fingerprint density at radius 1 is 1.26 bits per heavy atom. The molecule has 31 heavy (non-hydrogen) atoms. The van der Waals surface area contributed by atoms with Crippen molar-refractivity contribution in [3.63, 3.8) is 0 Å². The number of aliphatic carboxylic acids is 1. The number of aliphatic hydroxyl groups excluding tert-OH is 1. The first-order valence-electron chi connectivity index (χ1n) is 9.49. The quantitative estimate of drug-likeness (QED) is 0.354. The molecule has 1 aromatic carbocycles. The summed E-state index contributed by atoms with van der Waals surface area (Å²) >= 11 is 0. The predicted molar refractivity (Wildman–Crippen MR) is 106 cm³/mol. The summed E-state index contributed by atoms with van der Waals surface area (Å²) in [5.74, 6) is -0.167. The number of carbonyl (C=O) groups is 1. The van der Waals surface area contributed by atoms with Gasteiger partial charge in [-0.05, 0) is 30.7 Å². The first-order chi connectivity index (χ1) is 15.0. The number of imidazole rings is 1. The minimum atomic E-state index is -1.91. The Morgan fingerprint density at radius 2 is 2.06 bits per heavy atom. The third-order valence-corrected chi connectivity index (χ3v) is 4.79. The second-order valence-corrected chi connectivity index (χ2v) is 6.88. The number of fused-ring (bicyclic) bond motifs is 1. The molecule has 1 aliphatic heterocycles. The highest BCUT2D eigenvalue weighted by molar-refractivity contribution is 5.85. The smallest absolute Gasteiger partial charge is 0.341 e. The van der Waals surface area contributed by atoms with Gasteiger partial charge in [0.05, 0.1) is 6.33 Å². The zero-order valence-electron chi connectivity index (χ0n) is 16.3. The van der Waals surface area contributed by atoms with Gasteiger partial charge in [-0.2, -0.15) is 0 Å². The number of carboxylic acids is 1. The van der Waals surface area contributed by atoms with E-state index in [1.165, 1.54) is 6.33 Å². The van der Waals surface area contributed by atoms with Gasteiger partial charge in [0.15, 0.2) is 29.3 Å². The molecule has 0 radical (unpaired) electrons. The second kappa shape index (κ2) is 8.81. The van der Waals surface area contributed by atoms with E-state index in [2.05, 4.69) is 20.3 Å². The van der Waals surface area contributed by atoms with Crippen LogP contribution >= 0.6 is 0 Å². The average Bonchev–Trinajstić information content (AvgIpc) is 3.40. The van der Waals surface area contributed by atoms with E-state index < -0.39 is 24.8 Å². The first-order valence-corrected chi connectivity index (χ1v) is 9.49. The summed E-state index contributed by atoms with van der Waals surface area (Å²) in [6.07, 6.45) is 4.32. The molecule has 0 aliphatic carbocycles. The molecule has 4 N–H and O–H groups in total. The van der Waals surface area contributed by atoms with Crippen LogP contribution in [-0.2, 0) is 20.0 Å². The van der Waals surface area contributed by atoms with Crippen LogP contribution in [0.25, 0.3) is 11.2 Å². The van der Waals surface area contributed by atoms with Crippen molar-refractivity contribution in [2.24, 2.45) is 0 Å². The van der Waals surface area contributed by atoms with E-state index in [0.29, 0.717) is 41.4 Å². The third-order valence-electron chi connectivity index (χ3n) is 4.79. The van der Waals surface area contributed by atoms with Crippen LogP contribution in [0.1, 0.15) is 12.8 Å². The summed E-state index contributed by atoms with van der Waals surface area (Å²) in [6.45, 7) is -1.92. The number of carboxylic acid groups (broad SMARTS) is 1. The van der Waals surface area contributed by atoms with Crippen LogP contribution in [0, 0.1) is 0 Å². The van der Waals surface area contributed by atoms with Gasteiger partial charge < -0.3 is 34.8 Å². The molecule has 3 heterocycles. The van der Waals surface area contributed by atoms with Crippen LogP contribution in [0.5, 0.6) is 5.75 Å². The van der Waals surface area contributed by atoms with Crippen molar-refractivity contribution in [1.82, 2.24) is 19.5 Å². The fraction of sp³-hybridized carbons (Fsp3) is 0.368. The lowest BCUT2D eigenvalue weighted by molar-refractivity contribution is -0.265. The van der Waals surface area contributed by atoms with E-state index in [-0.39, 0.29) is 6.61 Å². The highest BCUT2D eigenvalue weighted by atomic mass is 16.7. The van der Waals surface area contributed by atoms with E-state index in [4.69, 9.17) is 29.5 Å². The molecule has 1 fully saturated rings. The Balaban J connectivity index is 1.58. The summed E-state index contributed by atoms with van der Waals surface area (Å²) < 4.78 is 17.7. The van der Waals surface area contributed by atoms with Crippen LogP contribution in [-0.4, -0.2) is 67.1 Å². The zero-order valence-corrected chi connectivity index (χ0v) is 16.3. The highest BCUT2D eigenvalue weighted by Gasteiger charge is 2.39. The number of anilines is 2. The summed E-state index contributed by atoms with van der Waals surface area (Å²) in [7, 11) is 0. The molecule has 1 unspecified atom stereocenters. The van der Waals surface area contributed by atoms with Gasteiger partial charge in [0.25, 0.3) is 6.48 Å². The fourth-order valence-electron chi connectivity index (χ4n) is 3.40. The van der Waals surface area contributed by atoms with Crippen molar-refractivity contribution in [1.29, 1.82) is 0 Å². The Hall–Kier alpha value is -3.32. The Labute approximate surface area is 176 Å². The first kappa shape index (κ1) is 20.9. The van der Waals surface area contributed by atoms with Gasteiger partial charge in [-0.1, -0.05) is 0 Å². The van der Waals surface area contributed by atoms with E-state index >= 15 is 0 Å². The number of aromatic nitrogens is 4. The summed E-state index contributed by atoms with van der Waals surface area (Å²) in [5.41, 5.74) is 0.730. The van der Waals surface area contributed by atoms with Gasteiger partial charge in [-0.25, -0.2) is 19.7 Å².